The fraction of sp³-hybridized carbons (Fsp3) is 1.00. The van der Waals surface area contributed by atoms with Crippen LogP contribution in [0.4, 0.5) is 0 Å². The summed E-state index contributed by atoms with van der Waals surface area (Å²) in [4.78, 5) is 0. The zero-order valence-corrected chi connectivity index (χ0v) is 11.6. The minimum atomic E-state index is -0.253. The van der Waals surface area contributed by atoms with Crippen LogP contribution >= 0.6 is 0 Å². The number of rotatable bonds is 2. The van der Waals surface area contributed by atoms with Crippen molar-refractivity contribution in [3.05, 3.63) is 0 Å². The summed E-state index contributed by atoms with van der Waals surface area (Å²) in [6.07, 6.45) is 11.1. The Morgan fingerprint density at radius 3 is 2.06 bits per heavy atom. The molecule has 3 nitrogen and oxygen atoms in total. The molecule has 18 heavy (non-hydrogen) atoms. The lowest BCUT2D eigenvalue weighted by Gasteiger charge is -2.48. The Morgan fingerprint density at radius 1 is 0.889 bits per heavy atom. The molecule has 2 aliphatic carbocycles. The molecule has 3 rings (SSSR count). The average molecular weight is 254 g/mol. The van der Waals surface area contributed by atoms with Crippen molar-refractivity contribution in [3.8, 4) is 0 Å². The van der Waals surface area contributed by atoms with Gasteiger partial charge in [-0.2, -0.15) is 0 Å². The quantitative estimate of drug-likeness (QED) is 0.757. The standard InChI is InChI=1S/C15H26O3/c1-16-14(13-5-3-2-4-6-13)7-9-15(10-8-14)17-11-12-18-15/h13H,2-12H2,1H3. The second-order valence-electron chi connectivity index (χ2n) is 6.21. The zero-order chi connectivity index (χ0) is 12.5. The average Bonchev–Trinajstić information content (AvgIpc) is 2.90. The van der Waals surface area contributed by atoms with E-state index in [9.17, 15) is 0 Å². The van der Waals surface area contributed by atoms with Crippen molar-refractivity contribution < 1.29 is 14.2 Å². The Labute approximate surface area is 110 Å². The van der Waals surface area contributed by atoms with Crippen LogP contribution in [-0.2, 0) is 14.2 Å². The first-order chi connectivity index (χ1) is 8.79. The van der Waals surface area contributed by atoms with Gasteiger partial charge in [0.25, 0.3) is 0 Å². The molecule has 3 fully saturated rings. The van der Waals surface area contributed by atoms with Crippen molar-refractivity contribution in [1.29, 1.82) is 0 Å². The van der Waals surface area contributed by atoms with Gasteiger partial charge < -0.3 is 14.2 Å². The SMILES string of the molecule is COC1(C2CCCCC2)CCC2(CC1)OCCO2. The van der Waals surface area contributed by atoms with Gasteiger partial charge >= 0.3 is 0 Å². The maximum Gasteiger partial charge on any atom is 0.168 e. The topological polar surface area (TPSA) is 27.7 Å². The monoisotopic (exact) mass is 254 g/mol. The lowest BCUT2D eigenvalue weighted by molar-refractivity contribution is -0.217. The molecule has 0 bridgehead atoms. The molecule has 0 atom stereocenters. The molecule has 2 saturated carbocycles. The maximum atomic E-state index is 6.01. The van der Waals surface area contributed by atoms with E-state index in [1.165, 1.54) is 32.1 Å². The number of hydrogen-bond donors (Lipinski definition) is 0. The normalized spacial score (nSPS) is 31.8. The molecule has 3 aliphatic rings. The minimum Gasteiger partial charge on any atom is -0.378 e. The second-order valence-corrected chi connectivity index (χ2v) is 6.21. The molecular weight excluding hydrogens is 228 g/mol. The van der Waals surface area contributed by atoms with Gasteiger partial charge in [-0.05, 0) is 31.6 Å². The summed E-state index contributed by atoms with van der Waals surface area (Å²) >= 11 is 0. The molecular formula is C15H26O3. The van der Waals surface area contributed by atoms with E-state index in [4.69, 9.17) is 14.2 Å². The Bertz CT molecular complexity index is 267. The lowest BCUT2D eigenvalue weighted by Crippen LogP contribution is -2.49. The highest BCUT2D eigenvalue weighted by Gasteiger charge is 2.49. The van der Waals surface area contributed by atoms with Crippen molar-refractivity contribution in [2.24, 2.45) is 5.92 Å². The highest BCUT2D eigenvalue weighted by Crippen LogP contribution is 2.48. The molecule has 1 aliphatic heterocycles. The van der Waals surface area contributed by atoms with E-state index in [1.807, 2.05) is 7.11 Å². The Balaban J connectivity index is 1.66. The summed E-state index contributed by atoms with van der Waals surface area (Å²) in [5.41, 5.74) is 0.112. The Kier molecular flexibility index (Phi) is 3.65. The summed E-state index contributed by atoms with van der Waals surface area (Å²) < 4.78 is 17.7. The molecule has 104 valence electrons. The van der Waals surface area contributed by atoms with Gasteiger partial charge in [0, 0.05) is 20.0 Å². The Hall–Kier alpha value is -0.120. The van der Waals surface area contributed by atoms with Gasteiger partial charge in [-0.3, -0.25) is 0 Å². The molecule has 0 aromatic heterocycles. The molecule has 1 spiro atoms. The van der Waals surface area contributed by atoms with Crippen molar-refractivity contribution in [1.82, 2.24) is 0 Å². The van der Waals surface area contributed by atoms with Crippen molar-refractivity contribution >= 4 is 0 Å². The van der Waals surface area contributed by atoms with Gasteiger partial charge in [-0.25, -0.2) is 0 Å². The second kappa shape index (κ2) is 5.10. The molecule has 0 unspecified atom stereocenters. The first-order valence-corrected chi connectivity index (χ1v) is 7.62. The van der Waals surface area contributed by atoms with Crippen molar-refractivity contribution in [3.63, 3.8) is 0 Å². The van der Waals surface area contributed by atoms with Crippen LogP contribution in [0.1, 0.15) is 57.8 Å². The van der Waals surface area contributed by atoms with E-state index in [1.54, 1.807) is 0 Å². The van der Waals surface area contributed by atoms with Gasteiger partial charge in [0.05, 0.1) is 18.8 Å². The summed E-state index contributed by atoms with van der Waals surface area (Å²) in [6.45, 7) is 1.53. The van der Waals surface area contributed by atoms with Crippen LogP contribution in [0.5, 0.6) is 0 Å². The van der Waals surface area contributed by atoms with E-state index < -0.39 is 0 Å². The molecule has 1 saturated heterocycles. The summed E-state index contributed by atoms with van der Waals surface area (Å²) in [7, 11) is 1.91. The lowest BCUT2D eigenvalue weighted by atomic mass is 9.68. The van der Waals surface area contributed by atoms with Crippen LogP contribution in [0.3, 0.4) is 0 Å². The first kappa shape index (κ1) is 12.9. The number of methoxy groups -OCH3 is 1. The molecule has 0 radical (unpaired) electrons. The van der Waals surface area contributed by atoms with Gasteiger partial charge in [-0.1, -0.05) is 19.3 Å². The van der Waals surface area contributed by atoms with E-state index >= 15 is 0 Å². The zero-order valence-electron chi connectivity index (χ0n) is 11.6. The van der Waals surface area contributed by atoms with Gasteiger partial charge in [-0.15, -0.1) is 0 Å². The molecule has 3 heteroatoms. The van der Waals surface area contributed by atoms with Crippen LogP contribution in [-0.4, -0.2) is 31.7 Å². The molecule has 0 N–H and O–H groups in total. The minimum absolute atomic E-state index is 0.112. The number of hydrogen-bond acceptors (Lipinski definition) is 3. The van der Waals surface area contributed by atoms with Crippen LogP contribution in [0.15, 0.2) is 0 Å². The van der Waals surface area contributed by atoms with E-state index in [0.717, 1.165) is 44.8 Å². The third-order valence-electron chi connectivity index (χ3n) is 5.43. The van der Waals surface area contributed by atoms with E-state index in [0.29, 0.717) is 0 Å². The van der Waals surface area contributed by atoms with E-state index in [2.05, 4.69) is 0 Å². The van der Waals surface area contributed by atoms with Crippen LogP contribution in [0.25, 0.3) is 0 Å². The number of ether oxygens (including phenoxy) is 3. The van der Waals surface area contributed by atoms with Gasteiger partial charge in [0.2, 0.25) is 0 Å². The van der Waals surface area contributed by atoms with Gasteiger partial charge in [0.15, 0.2) is 5.79 Å². The maximum absolute atomic E-state index is 6.01. The van der Waals surface area contributed by atoms with Crippen molar-refractivity contribution in [2.75, 3.05) is 20.3 Å². The smallest absolute Gasteiger partial charge is 0.168 e. The predicted octanol–water partition coefficient (Wildman–Crippen LogP) is 3.27. The van der Waals surface area contributed by atoms with Crippen molar-refractivity contribution in [2.45, 2.75) is 69.2 Å². The fourth-order valence-corrected chi connectivity index (χ4v) is 4.25. The largest absolute Gasteiger partial charge is 0.378 e. The highest BCUT2D eigenvalue weighted by atomic mass is 16.7. The summed E-state index contributed by atoms with van der Waals surface area (Å²) in [5.74, 6) is 0.506. The van der Waals surface area contributed by atoms with E-state index in [-0.39, 0.29) is 11.4 Å². The van der Waals surface area contributed by atoms with Crippen LogP contribution < -0.4 is 0 Å². The highest BCUT2D eigenvalue weighted by molar-refractivity contribution is 4.97. The molecule has 1 heterocycles. The fourth-order valence-electron chi connectivity index (χ4n) is 4.25. The third-order valence-corrected chi connectivity index (χ3v) is 5.43. The summed E-state index contributed by atoms with van der Waals surface area (Å²) in [5, 5.41) is 0. The molecule has 0 aromatic carbocycles. The van der Waals surface area contributed by atoms with Crippen LogP contribution in [0.2, 0.25) is 0 Å². The third kappa shape index (κ3) is 2.21. The van der Waals surface area contributed by atoms with Gasteiger partial charge in [0.1, 0.15) is 0 Å². The molecule has 0 aromatic rings. The Morgan fingerprint density at radius 2 is 1.50 bits per heavy atom. The molecule has 0 amide bonds. The summed E-state index contributed by atoms with van der Waals surface area (Å²) in [6, 6.07) is 0. The predicted molar refractivity (Wildman–Crippen MR) is 69.4 cm³/mol. The first-order valence-electron chi connectivity index (χ1n) is 7.62. The van der Waals surface area contributed by atoms with Crippen LogP contribution in [0, 0.1) is 5.92 Å².